The summed E-state index contributed by atoms with van der Waals surface area (Å²) in [5.41, 5.74) is 3.69. The number of carbonyl (C=O) groups excluding carboxylic acids is 1. The normalized spacial score (nSPS) is 14.3. The number of anilines is 1. The van der Waals surface area contributed by atoms with Gasteiger partial charge in [0, 0.05) is 50.0 Å². The van der Waals surface area contributed by atoms with Crippen molar-refractivity contribution in [2.24, 2.45) is 0 Å². The Morgan fingerprint density at radius 1 is 1.03 bits per heavy atom. The summed E-state index contributed by atoms with van der Waals surface area (Å²) in [6.45, 7) is 6.80. The molecule has 1 aliphatic rings. The summed E-state index contributed by atoms with van der Waals surface area (Å²) >= 11 is 0. The fourth-order valence-electron chi connectivity index (χ4n) is 4.35. The van der Waals surface area contributed by atoms with Crippen molar-refractivity contribution >= 4 is 22.6 Å². The summed E-state index contributed by atoms with van der Waals surface area (Å²) in [5, 5.41) is 5.72. The standard InChI is InChI=1S/C24H25FN6O/c1-17-15-18(2)26-23-22(17)24(30-9-3-4-10-30)27-31(23)16-21(32)29-13-11-28(12-14-29)20-7-5-19(25)6-8-20/h3-10,15H,11-14,16H2,1-2H3. The zero-order valence-electron chi connectivity index (χ0n) is 18.2. The molecule has 1 fully saturated rings. The highest BCUT2D eigenvalue weighted by atomic mass is 19.1. The van der Waals surface area contributed by atoms with E-state index in [4.69, 9.17) is 10.1 Å². The molecule has 3 aromatic heterocycles. The van der Waals surface area contributed by atoms with Crippen molar-refractivity contribution in [2.75, 3.05) is 31.1 Å². The van der Waals surface area contributed by atoms with Gasteiger partial charge in [-0.25, -0.2) is 14.1 Å². The maximum absolute atomic E-state index is 13.2. The number of hydrogen-bond donors (Lipinski definition) is 0. The molecule has 7 nitrogen and oxygen atoms in total. The van der Waals surface area contributed by atoms with Gasteiger partial charge < -0.3 is 14.4 Å². The molecule has 0 spiro atoms. The van der Waals surface area contributed by atoms with Crippen LogP contribution in [-0.4, -0.2) is 56.3 Å². The fourth-order valence-corrected chi connectivity index (χ4v) is 4.35. The topological polar surface area (TPSA) is 59.2 Å². The number of fused-ring (bicyclic) bond motifs is 1. The molecule has 1 saturated heterocycles. The van der Waals surface area contributed by atoms with E-state index in [1.54, 1.807) is 16.8 Å². The Kier molecular flexibility index (Phi) is 5.13. The molecule has 5 rings (SSSR count). The molecular weight excluding hydrogens is 407 g/mol. The van der Waals surface area contributed by atoms with Crippen LogP contribution in [0.25, 0.3) is 16.9 Å². The third-order valence-corrected chi connectivity index (χ3v) is 5.97. The first-order valence-corrected chi connectivity index (χ1v) is 10.8. The van der Waals surface area contributed by atoms with Gasteiger partial charge in [0.05, 0.1) is 5.39 Å². The molecule has 1 aliphatic heterocycles. The molecule has 32 heavy (non-hydrogen) atoms. The minimum Gasteiger partial charge on any atom is -0.368 e. The number of carbonyl (C=O) groups is 1. The lowest BCUT2D eigenvalue weighted by atomic mass is 10.2. The van der Waals surface area contributed by atoms with Gasteiger partial charge in [-0.1, -0.05) is 0 Å². The van der Waals surface area contributed by atoms with Crippen molar-refractivity contribution in [3.63, 3.8) is 0 Å². The largest absolute Gasteiger partial charge is 0.368 e. The minimum atomic E-state index is -0.243. The van der Waals surface area contributed by atoms with E-state index in [2.05, 4.69) is 4.90 Å². The Hall–Kier alpha value is -3.68. The van der Waals surface area contributed by atoms with Crippen LogP contribution in [0, 0.1) is 19.7 Å². The van der Waals surface area contributed by atoms with Gasteiger partial charge in [0.1, 0.15) is 12.4 Å². The van der Waals surface area contributed by atoms with E-state index in [-0.39, 0.29) is 18.3 Å². The Labute approximate surface area is 185 Å². The summed E-state index contributed by atoms with van der Waals surface area (Å²) in [7, 11) is 0. The predicted octanol–water partition coefficient (Wildman–Crippen LogP) is 3.33. The number of piperazine rings is 1. The smallest absolute Gasteiger partial charge is 0.244 e. The SMILES string of the molecule is Cc1cc(C)c2c(-n3cccc3)nn(CC(=O)N3CCN(c4ccc(F)cc4)CC3)c2n1. The van der Waals surface area contributed by atoms with E-state index in [1.807, 2.05) is 53.9 Å². The van der Waals surface area contributed by atoms with Gasteiger partial charge in [-0.2, -0.15) is 5.10 Å². The second kappa shape index (κ2) is 8.11. The molecule has 1 aromatic carbocycles. The Balaban J connectivity index is 1.36. The van der Waals surface area contributed by atoms with Crippen molar-refractivity contribution in [1.29, 1.82) is 0 Å². The molecule has 0 aliphatic carbocycles. The first kappa shape index (κ1) is 20.2. The fraction of sp³-hybridized carbons (Fsp3) is 0.292. The number of aryl methyl sites for hydroxylation is 2. The number of aromatic nitrogens is 4. The second-order valence-corrected chi connectivity index (χ2v) is 8.19. The summed E-state index contributed by atoms with van der Waals surface area (Å²) in [4.78, 5) is 21.9. The van der Waals surface area contributed by atoms with E-state index < -0.39 is 0 Å². The number of nitrogens with zero attached hydrogens (tertiary/aromatic N) is 6. The lowest BCUT2D eigenvalue weighted by Crippen LogP contribution is -2.49. The molecule has 4 aromatic rings. The average molecular weight is 433 g/mol. The number of rotatable bonds is 4. The van der Waals surface area contributed by atoms with Gasteiger partial charge in [-0.15, -0.1) is 0 Å². The third kappa shape index (κ3) is 3.72. The molecule has 0 N–H and O–H groups in total. The van der Waals surface area contributed by atoms with Crippen LogP contribution in [0.15, 0.2) is 54.9 Å². The number of amides is 1. The lowest BCUT2D eigenvalue weighted by Gasteiger charge is -2.36. The van der Waals surface area contributed by atoms with Gasteiger partial charge in [-0.05, 0) is 61.9 Å². The van der Waals surface area contributed by atoms with E-state index in [0.29, 0.717) is 26.2 Å². The van der Waals surface area contributed by atoms with Crippen LogP contribution < -0.4 is 4.90 Å². The maximum atomic E-state index is 13.2. The number of pyridine rings is 1. The first-order valence-electron chi connectivity index (χ1n) is 10.8. The lowest BCUT2D eigenvalue weighted by molar-refractivity contribution is -0.132. The Bertz CT molecular complexity index is 1250. The van der Waals surface area contributed by atoms with Crippen molar-refractivity contribution < 1.29 is 9.18 Å². The number of hydrogen-bond acceptors (Lipinski definition) is 4. The van der Waals surface area contributed by atoms with Crippen molar-refractivity contribution in [1.82, 2.24) is 24.2 Å². The quantitative estimate of drug-likeness (QED) is 0.496. The van der Waals surface area contributed by atoms with Crippen molar-refractivity contribution in [3.05, 3.63) is 71.9 Å². The summed E-state index contributed by atoms with van der Waals surface area (Å²) in [6.07, 6.45) is 3.89. The number of benzene rings is 1. The monoisotopic (exact) mass is 432 g/mol. The molecule has 0 atom stereocenters. The summed E-state index contributed by atoms with van der Waals surface area (Å²) in [5.74, 6) is 0.560. The average Bonchev–Trinajstić information content (AvgIpc) is 3.43. The van der Waals surface area contributed by atoms with Crippen LogP contribution >= 0.6 is 0 Å². The molecular formula is C24H25FN6O. The highest BCUT2D eigenvalue weighted by Crippen LogP contribution is 2.25. The van der Waals surface area contributed by atoms with Crippen molar-refractivity contribution in [2.45, 2.75) is 20.4 Å². The van der Waals surface area contributed by atoms with E-state index in [9.17, 15) is 9.18 Å². The second-order valence-electron chi connectivity index (χ2n) is 8.19. The molecule has 164 valence electrons. The maximum Gasteiger partial charge on any atom is 0.244 e. The van der Waals surface area contributed by atoms with E-state index in [0.717, 1.165) is 33.8 Å². The Morgan fingerprint density at radius 3 is 2.41 bits per heavy atom. The molecule has 0 saturated carbocycles. The van der Waals surface area contributed by atoms with Crippen LogP contribution in [0.3, 0.4) is 0 Å². The molecule has 1 amide bonds. The van der Waals surface area contributed by atoms with E-state index >= 15 is 0 Å². The van der Waals surface area contributed by atoms with Gasteiger partial charge in [-0.3, -0.25) is 4.79 Å². The molecule has 0 unspecified atom stereocenters. The molecule has 0 radical (unpaired) electrons. The Morgan fingerprint density at radius 2 is 1.72 bits per heavy atom. The molecule has 8 heteroatoms. The third-order valence-electron chi connectivity index (χ3n) is 5.97. The van der Waals surface area contributed by atoms with Gasteiger partial charge >= 0.3 is 0 Å². The highest BCUT2D eigenvalue weighted by molar-refractivity contribution is 5.88. The minimum absolute atomic E-state index is 0.0215. The predicted molar refractivity (Wildman–Crippen MR) is 122 cm³/mol. The van der Waals surface area contributed by atoms with Crippen LogP contribution in [0.1, 0.15) is 11.3 Å². The van der Waals surface area contributed by atoms with Crippen LogP contribution in [0.4, 0.5) is 10.1 Å². The zero-order chi connectivity index (χ0) is 22.2. The van der Waals surface area contributed by atoms with Crippen LogP contribution in [-0.2, 0) is 11.3 Å². The highest BCUT2D eigenvalue weighted by Gasteiger charge is 2.24. The summed E-state index contributed by atoms with van der Waals surface area (Å²) < 4.78 is 16.9. The van der Waals surface area contributed by atoms with Crippen LogP contribution in [0.5, 0.6) is 0 Å². The molecule has 0 bridgehead atoms. The summed E-state index contributed by atoms with van der Waals surface area (Å²) in [6, 6.07) is 12.4. The zero-order valence-corrected chi connectivity index (χ0v) is 18.2. The van der Waals surface area contributed by atoms with E-state index in [1.165, 1.54) is 12.1 Å². The van der Waals surface area contributed by atoms with Gasteiger partial charge in [0.15, 0.2) is 11.5 Å². The van der Waals surface area contributed by atoms with Gasteiger partial charge in [0.25, 0.3) is 0 Å². The first-order chi connectivity index (χ1) is 15.5. The van der Waals surface area contributed by atoms with Crippen molar-refractivity contribution in [3.8, 4) is 5.82 Å². The van der Waals surface area contributed by atoms with Gasteiger partial charge in [0.2, 0.25) is 5.91 Å². The van der Waals surface area contributed by atoms with Crippen LogP contribution in [0.2, 0.25) is 0 Å². The molecule has 4 heterocycles. The number of halogens is 1.